The van der Waals surface area contributed by atoms with Gasteiger partial charge < -0.3 is 0 Å². The highest BCUT2D eigenvalue weighted by Crippen LogP contribution is 2.01. The first-order valence-corrected chi connectivity index (χ1v) is 5.35. The lowest BCUT2D eigenvalue weighted by molar-refractivity contribution is -0.155. The van der Waals surface area contributed by atoms with Crippen molar-refractivity contribution < 1.29 is 14.4 Å². The van der Waals surface area contributed by atoms with Crippen molar-refractivity contribution >= 4 is 17.6 Å². The Balaban J connectivity index is 1.95. The molecule has 2 saturated heterocycles. The predicted molar refractivity (Wildman–Crippen MR) is 53.7 cm³/mol. The number of hydrogen-bond acceptors (Lipinski definition) is 5. The summed E-state index contributed by atoms with van der Waals surface area (Å²) >= 11 is 0. The Labute approximate surface area is 92.7 Å². The molecule has 2 fully saturated rings. The number of amides is 2. The number of rotatable bonds is 2. The third-order valence-electron chi connectivity index (χ3n) is 2.60. The highest BCUT2D eigenvalue weighted by Gasteiger charge is 2.33. The molecule has 0 saturated carbocycles. The molecule has 2 amide bonds. The maximum atomic E-state index is 11.6. The highest BCUT2D eigenvalue weighted by molar-refractivity contribution is 6.62. The Morgan fingerprint density at radius 1 is 0.812 bits per heavy atom. The Morgan fingerprint density at radius 2 is 1.25 bits per heavy atom. The quantitative estimate of drug-likeness (QED) is 0.421. The van der Waals surface area contributed by atoms with Crippen molar-refractivity contribution in [3.63, 3.8) is 0 Å². The smallest absolute Gasteiger partial charge is 0.277 e. The number of nitrogens with one attached hydrogen (secondary N) is 2. The Hall–Kier alpha value is -1.47. The zero-order valence-corrected chi connectivity index (χ0v) is 8.86. The maximum absolute atomic E-state index is 11.6. The monoisotopic (exact) mass is 226 g/mol. The molecule has 0 aromatic carbocycles. The van der Waals surface area contributed by atoms with Gasteiger partial charge in [-0.05, 0) is 12.8 Å². The van der Waals surface area contributed by atoms with Gasteiger partial charge in [0.25, 0.3) is 0 Å². The average molecular weight is 226 g/mol. The van der Waals surface area contributed by atoms with E-state index in [1.165, 1.54) is 10.0 Å². The van der Waals surface area contributed by atoms with Crippen molar-refractivity contribution in [3.05, 3.63) is 0 Å². The van der Waals surface area contributed by atoms with Crippen LogP contribution in [0.3, 0.4) is 0 Å². The molecular weight excluding hydrogens is 212 g/mol. The van der Waals surface area contributed by atoms with Crippen LogP contribution in [-0.2, 0) is 14.4 Å². The van der Waals surface area contributed by atoms with Crippen LogP contribution in [0.25, 0.3) is 0 Å². The summed E-state index contributed by atoms with van der Waals surface area (Å²) in [6.45, 7) is 2.28. The fourth-order valence-electron chi connectivity index (χ4n) is 1.74. The van der Waals surface area contributed by atoms with Crippen LogP contribution in [-0.4, -0.2) is 53.8 Å². The first-order valence-electron chi connectivity index (χ1n) is 5.35. The van der Waals surface area contributed by atoms with Gasteiger partial charge in [-0.2, -0.15) is 0 Å². The van der Waals surface area contributed by atoms with Gasteiger partial charge >= 0.3 is 17.6 Å². The number of carbonyl (C=O) groups excluding carboxylic acids is 3. The molecule has 0 atom stereocenters. The maximum Gasteiger partial charge on any atom is 0.314 e. The van der Waals surface area contributed by atoms with E-state index in [4.69, 9.17) is 0 Å². The molecule has 2 rings (SSSR count). The van der Waals surface area contributed by atoms with Gasteiger partial charge in [-0.3, -0.25) is 24.4 Å². The fourth-order valence-corrected chi connectivity index (χ4v) is 1.74. The van der Waals surface area contributed by atoms with E-state index in [0.29, 0.717) is 26.2 Å². The zero-order valence-electron chi connectivity index (χ0n) is 8.86. The van der Waals surface area contributed by atoms with Crippen LogP contribution in [0.1, 0.15) is 12.8 Å². The molecule has 7 heteroatoms. The first kappa shape index (κ1) is 11.0. The number of Topliss-reactive ketones (excluding diaryl/α,β-unsaturated/α-hetero) is 1. The second kappa shape index (κ2) is 4.58. The summed E-state index contributed by atoms with van der Waals surface area (Å²) in [6, 6.07) is 0. The van der Waals surface area contributed by atoms with Gasteiger partial charge in [0.1, 0.15) is 0 Å². The minimum Gasteiger partial charge on any atom is -0.277 e. The third-order valence-corrected chi connectivity index (χ3v) is 2.60. The summed E-state index contributed by atoms with van der Waals surface area (Å²) in [7, 11) is 0. The van der Waals surface area contributed by atoms with Crippen LogP contribution in [0, 0.1) is 0 Å². The summed E-state index contributed by atoms with van der Waals surface area (Å²) in [4.78, 5) is 34.7. The van der Waals surface area contributed by atoms with Gasteiger partial charge in [-0.25, -0.2) is 10.9 Å². The van der Waals surface area contributed by atoms with Crippen molar-refractivity contribution in [2.75, 3.05) is 26.2 Å². The number of nitrogens with zero attached hydrogens (tertiary/aromatic N) is 2. The Morgan fingerprint density at radius 3 is 1.56 bits per heavy atom. The highest BCUT2D eigenvalue weighted by atomic mass is 16.2. The largest absolute Gasteiger partial charge is 0.314 e. The number of hydrazine groups is 2. The molecule has 2 N–H and O–H groups in total. The molecule has 7 nitrogen and oxygen atoms in total. The first-order chi connectivity index (χ1) is 7.70. The molecule has 0 unspecified atom stereocenters. The summed E-state index contributed by atoms with van der Waals surface area (Å²) in [6.07, 6.45) is 1.60. The SMILES string of the molecule is O=C(C(=O)N1CCCN1)C(=O)N1CCCN1. The number of carbonyl (C=O) groups is 3. The van der Waals surface area contributed by atoms with E-state index in [9.17, 15) is 14.4 Å². The summed E-state index contributed by atoms with van der Waals surface area (Å²) < 4.78 is 0. The van der Waals surface area contributed by atoms with Crippen molar-refractivity contribution in [3.8, 4) is 0 Å². The minimum absolute atomic E-state index is 0.477. The van der Waals surface area contributed by atoms with Crippen LogP contribution < -0.4 is 10.9 Å². The van der Waals surface area contributed by atoms with E-state index in [0.717, 1.165) is 12.8 Å². The van der Waals surface area contributed by atoms with Gasteiger partial charge in [-0.15, -0.1) is 0 Å². The van der Waals surface area contributed by atoms with Gasteiger partial charge in [0.05, 0.1) is 0 Å². The molecule has 2 aliphatic rings. The second-order valence-electron chi connectivity index (χ2n) is 3.77. The van der Waals surface area contributed by atoms with Gasteiger partial charge in [0, 0.05) is 26.2 Å². The normalized spacial score (nSPS) is 20.2. The summed E-state index contributed by atoms with van der Waals surface area (Å²) in [5.74, 6) is -2.52. The van der Waals surface area contributed by atoms with Crippen molar-refractivity contribution in [2.24, 2.45) is 0 Å². The van der Waals surface area contributed by atoms with E-state index in [1.54, 1.807) is 0 Å². The number of hydrogen-bond donors (Lipinski definition) is 2. The minimum atomic E-state index is -0.983. The summed E-state index contributed by atoms with van der Waals surface area (Å²) in [5.41, 5.74) is 5.51. The van der Waals surface area contributed by atoms with Gasteiger partial charge in [0.2, 0.25) is 0 Å². The Bertz CT molecular complexity index is 289. The Kier molecular flexibility index (Phi) is 3.16. The molecular formula is C9H14N4O3. The van der Waals surface area contributed by atoms with E-state index >= 15 is 0 Å². The van der Waals surface area contributed by atoms with Gasteiger partial charge in [0.15, 0.2) is 0 Å². The molecule has 0 aromatic rings. The van der Waals surface area contributed by atoms with Crippen LogP contribution in [0.15, 0.2) is 0 Å². The average Bonchev–Trinajstić information content (AvgIpc) is 2.97. The predicted octanol–water partition coefficient (Wildman–Crippen LogP) is -1.97. The lowest BCUT2D eigenvalue weighted by atomic mass is 10.3. The third kappa shape index (κ3) is 2.05. The van der Waals surface area contributed by atoms with Crippen LogP contribution >= 0.6 is 0 Å². The second-order valence-corrected chi connectivity index (χ2v) is 3.77. The van der Waals surface area contributed by atoms with Crippen LogP contribution in [0.4, 0.5) is 0 Å². The molecule has 0 spiro atoms. The molecule has 88 valence electrons. The van der Waals surface area contributed by atoms with Crippen LogP contribution in [0.5, 0.6) is 0 Å². The van der Waals surface area contributed by atoms with E-state index in [1.807, 2.05) is 0 Å². The van der Waals surface area contributed by atoms with E-state index in [2.05, 4.69) is 10.9 Å². The molecule has 0 radical (unpaired) electrons. The van der Waals surface area contributed by atoms with Crippen molar-refractivity contribution in [1.82, 2.24) is 20.9 Å². The van der Waals surface area contributed by atoms with Crippen LogP contribution in [0.2, 0.25) is 0 Å². The zero-order chi connectivity index (χ0) is 11.5. The molecule has 0 bridgehead atoms. The molecule has 2 heterocycles. The summed E-state index contributed by atoms with van der Waals surface area (Å²) in [5, 5.41) is 2.41. The van der Waals surface area contributed by atoms with Crippen molar-refractivity contribution in [2.45, 2.75) is 12.8 Å². The number of ketones is 1. The fraction of sp³-hybridized carbons (Fsp3) is 0.667. The lowest BCUT2D eigenvalue weighted by Crippen LogP contribution is -2.50. The topological polar surface area (TPSA) is 81.8 Å². The molecule has 16 heavy (non-hydrogen) atoms. The van der Waals surface area contributed by atoms with Gasteiger partial charge in [-0.1, -0.05) is 0 Å². The van der Waals surface area contributed by atoms with E-state index < -0.39 is 17.6 Å². The van der Waals surface area contributed by atoms with E-state index in [-0.39, 0.29) is 0 Å². The molecule has 0 aliphatic carbocycles. The molecule has 2 aliphatic heterocycles. The van der Waals surface area contributed by atoms with Crippen molar-refractivity contribution in [1.29, 1.82) is 0 Å². The molecule has 0 aromatic heterocycles. The lowest BCUT2D eigenvalue weighted by Gasteiger charge is -2.17. The standard InChI is InChI=1S/C9H14N4O3/c14-7(8(15)12-5-1-3-10-12)9(16)13-6-2-4-11-13/h10-11H,1-6H2.